The summed E-state index contributed by atoms with van der Waals surface area (Å²) >= 11 is 3.52. The minimum atomic E-state index is -0.130. The molecular formula is C12H14BrNO2. The average molecular weight is 284 g/mol. The monoisotopic (exact) mass is 283 g/mol. The number of hydrogen-bond acceptors (Lipinski definition) is 3. The van der Waals surface area contributed by atoms with Gasteiger partial charge in [-0.25, -0.2) is 0 Å². The van der Waals surface area contributed by atoms with Crippen molar-refractivity contribution in [2.45, 2.75) is 31.7 Å². The number of rotatable bonds is 2. The minimum Gasteiger partial charge on any atom is -0.453 e. The molecule has 1 fully saturated rings. The maximum atomic E-state index is 6.29. The van der Waals surface area contributed by atoms with Crippen molar-refractivity contribution < 1.29 is 9.47 Å². The van der Waals surface area contributed by atoms with Crippen molar-refractivity contribution in [3.63, 3.8) is 0 Å². The Morgan fingerprint density at radius 2 is 2.06 bits per heavy atom. The van der Waals surface area contributed by atoms with Gasteiger partial charge in [-0.2, -0.15) is 0 Å². The summed E-state index contributed by atoms with van der Waals surface area (Å²) in [5.41, 5.74) is 8.58. The third kappa shape index (κ3) is 1.36. The molecule has 3 rings (SSSR count). The summed E-state index contributed by atoms with van der Waals surface area (Å²) in [6, 6.07) is 2.10. The third-order valence-corrected chi connectivity index (χ3v) is 3.97. The van der Waals surface area contributed by atoms with Gasteiger partial charge in [-0.3, -0.25) is 0 Å². The first-order valence-corrected chi connectivity index (χ1v) is 6.35. The number of ether oxygens (including phenoxy) is 2. The molecular weight excluding hydrogens is 270 g/mol. The molecule has 1 aliphatic carbocycles. The second-order valence-electron chi connectivity index (χ2n) is 4.46. The van der Waals surface area contributed by atoms with E-state index in [1.807, 2.05) is 0 Å². The topological polar surface area (TPSA) is 44.5 Å². The highest BCUT2D eigenvalue weighted by atomic mass is 79.9. The van der Waals surface area contributed by atoms with Gasteiger partial charge in [-0.05, 0) is 46.8 Å². The van der Waals surface area contributed by atoms with Crippen molar-refractivity contribution in [2.24, 2.45) is 5.73 Å². The van der Waals surface area contributed by atoms with Crippen LogP contribution in [0.1, 0.15) is 30.9 Å². The summed E-state index contributed by atoms with van der Waals surface area (Å²) < 4.78 is 12.0. The zero-order valence-electron chi connectivity index (χ0n) is 9.18. The van der Waals surface area contributed by atoms with Gasteiger partial charge in [0.15, 0.2) is 11.5 Å². The Balaban J connectivity index is 2.22. The Kier molecular flexibility index (Phi) is 2.20. The number of fused-ring (bicyclic) bond motifs is 1. The van der Waals surface area contributed by atoms with Gasteiger partial charge in [0.2, 0.25) is 6.79 Å². The van der Waals surface area contributed by atoms with Crippen LogP contribution in [0.5, 0.6) is 11.5 Å². The predicted octanol–water partition coefficient (Wildman–Crippen LogP) is 2.69. The normalized spacial score (nSPS) is 19.9. The van der Waals surface area contributed by atoms with E-state index >= 15 is 0 Å². The lowest BCUT2D eigenvalue weighted by atomic mass is 9.96. The van der Waals surface area contributed by atoms with E-state index in [-0.39, 0.29) is 5.54 Å². The Morgan fingerprint density at radius 3 is 2.69 bits per heavy atom. The van der Waals surface area contributed by atoms with Gasteiger partial charge in [0.25, 0.3) is 0 Å². The molecule has 86 valence electrons. The zero-order chi connectivity index (χ0) is 11.3. The first kappa shape index (κ1) is 10.4. The fraction of sp³-hybridized carbons (Fsp3) is 0.500. The van der Waals surface area contributed by atoms with Crippen molar-refractivity contribution in [2.75, 3.05) is 6.79 Å². The number of benzene rings is 1. The van der Waals surface area contributed by atoms with Crippen LogP contribution >= 0.6 is 15.9 Å². The van der Waals surface area contributed by atoms with Gasteiger partial charge in [0.1, 0.15) is 0 Å². The molecule has 0 unspecified atom stereocenters. The van der Waals surface area contributed by atoms with E-state index in [9.17, 15) is 0 Å². The highest BCUT2D eigenvalue weighted by molar-refractivity contribution is 9.10. The van der Waals surface area contributed by atoms with Crippen LogP contribution in [-0.2, 0) is 12.0 Å². The predicted molar refractivity (Wildman–Crippen MR) is 64.7 cm³/mol. The second-order valence-corrected chi connectivity index (χ2v) is 5.31. The van der Waals surface area contributed by atoms with Gasteiger partial charge < -0.3 is 15.2 Å². The van der Waals surface area contributed by atoms with Crippen LogP contribution in [0.2, 0.25) is 0 Å². The van der Waals surface area contributed by atoms with Gasteiger partial charge in [-0.15, -0.1) is 0 Å². The van der Waals surface area contributed by atoms with Crippen molar-refractivity contribution in [3.8, 4) is 11.5 Å². The lowest BCUT2D eigenvalue weighted by Gasteiger charge is -2.17. The summed E-state index contributed by atoms with van der Waals surface area (Å²) in [7, 11) is 0. The van der Waals surface area contributed by atoms with Crippen molar-refractivity contribution in [1.82, 2.24) is 0 Å². The summed E-state index contributed by atoms with van der Waals surface area (Å²) in [5, 5.41) is 0. The van der Waals surface area contributed by atoms with Crippen molar-refractivity contribution in [3.05, 3.63) is 21.7 Å². The Bertz CT molecular complexity index is 455. The molecule has 0 bridgehead atoms. The summed E-state index contributed by atoms with van der Waals surface area (Å²) in [4.78, 5) is 0. The van der Waals surface area contributed by atoms with Crippen LogP contribution < -0.4 is 15.2 Å². The van der Waals surface area contributed by atoms with E-state index in [1.54, 1.807) is 0 Å². The van der Waals surface area contributed by atoms with Crippen LogP contribution in [0.25, 0.3) is 0 Å². The largest absolute Gasteiger partial charge is 0.453 e. The summed E-state index contributed by atoms with van der Waals surface area (Å²) in [6.45, 7) is 2.43. The third-order valence-electron chi connectivity index (χ3n) is 3.38. The molecule has 1 saturated carbocycles. The molecule has 3 nitrogen and oxygen atoms in total. The maximum absolute atomic E-state index is 6.29. The van der Waals surface area contributed by atoms with E-state index in [0.29, 0.717) is 6.79 Å². The van der Waals surface area contributed by atoms with Gasteiger partial charge >= 0.3 is 0 Å². The van der Waals surface area contributed by atoms with Crippen LogP contribution in [0, 0.1) is 0 Å². The molecule has 0 amide bonds. The smallest absolute Gasteiger partial charge is 0.231 e. The number of nitrogens with two attached hydrogens (primary N) is 1. The first-order chi connectivity index (χ1) is 7.65. The van der Waals surface area contributed by atoms with E-state index < -0.39 is 0 Å². The molecule has 0 atom stereocenters. The van der Waals surface area contributed by atoms with Gasteiger partial charge in [-0.1, -0.05) is 6.92 Å². The molecule has 1 heterocycles. The fourth-order valence-electron chi connectivity index (χ4n) is 2.28. The highest BCUT2D eigenvalue weighted by Crippen LogP contribution is 2.51. The highest BCUT2D eigenvalue weighted by Gasteiger charge is 2.43. The van der Waals surface area contributed by atoms with E-state index in [4.69, 9.17) is 15.2 Å². The Labute approximate surface area is 103 Å². The molecule has 1 aromatic rings. The van der Waals surface area contributed by atoms with Crippen molar-refractivity contribution in [1.29, 1.82) is 0 Å². The first-order valence-electron chi connectivity index (χ1n) is 5.56. The van der Waals surface area contributed by atoms with Gasteiger partial charge in [0, 0.05) is 11.1 Å². The molecule has 2 aliphatic rings. The molecule has 1 aliphatic heterocycles. The Morgan fingerprint density at radius 1 is 1.38 bits per heavy atom. The quantitative estimate of drug-likeness (QED) is 0.908. The molecule has 0 radical (unpaired) electrons. The van der Waals surface area contributed by atoms with Crippen LogP contribution in [0.4, 0.5) is 0 Å². The standard InChI is InChI=1S/C12H14BrNO2/c1-2-7-8(12(14)3-4-12)5-9(13)11-10(7)15-6-16-11/h5H,2-4,6,14H2,1H3. The molecule has 0 saturated heterocycles. The lowest BCUT2D eigenvalue weighted by Crippen LogP contribution is -2.20. The van der Waals surface area contributed by atoms with Crippen LogP contribution in [0.15, 0.2) is 10.5 Å². The number of hydrogen-bond donors (Lipinski definition) is 1. The zero-order valence-corrected chi connectivity index (χ0v) is 10.8. The average Bonchev–Trinajstić information content (AvgIpc) is 2.82. The van der Waals surface area contributed by atoms with E-state index in [2.05, 4.69) is 28.9 Å². The van der Waals surface area contributed by atoms with E-state index in [1.165, 1.54) is 11.1 Å². The van der Waals surface area contributed by atoms with Crippen LogP contribution in [-0.4, -0.2) is 6.79 Å². The summed E-state index contributed by atoms with van der Waals surface area (Å²) in [5.74, 6) is 1.70. The lowest BCUT2D eigenvalue weighted by molar-refractivity contribution is 0.172. The SMILES string of the molecule is CCc1c(C2(N)CC2)cc(Br)c2c1OCO2. The van der Waals surface area contributed by atoms with Gasteiger partial charge in [0.05, 0.1) is 4.47 Å². The molecule has 16 heavy (non-hydrogen) atoms. The van der Waals surface area contributed by atoms with Crippen LogP contribution in [0.3, 0.4) is 0 Å². The fourth-order valence-corrected chi connectivity index (χ4v) is 2.80. The summed E-state index contributed by atoms with van der Waals surface area (Å²) in [6.07, 6.45) is 3.05. The Hall–Kier alpha value is -0.740. The molecule has 2 N–H and O–H groups in total. The second kappa shape index (κ2) is 3.37. The minimum absolute atomic E-state index is 0.130. The van der Waals surface area contributed by atoms with E-state index in [0.717, 1.165) is 35.2 Å². The maximum Gasteiger partial charge on any atom is 0.231 e. The van der Waals surface area contributed by atoms with Crippen molar-refractivity contribution >= 4 is 15.9 Å². The molecule has 1 aromatic carbocycles. The number of halogens is 1. The molecule has 4 heteroatoms. The molecule has 0 spiro atoms. The molecule has 0 aromatic heterocycles.